The van der Waals surface area contributed by atoms with Gasteiger partial charge in [0, 0.05) is 12.8 Å². The largest absolute Gasteiger partial charge is 0.462 e. The van der Waals surface area contributed by atoms with Crippen LogP contribution in [0.2, 0.25) is 0 Å². The van der Waals surface area contributed by atoms with Gasteiger partial charge in [0.2, 0.25) is 0 Å². The predicted molar refractivity (Wildman–Crippen MR) is 56.3 cm³/mol. The van der Waals surface area contributed by atoms with E-state index < -0.39 is 0 Å². The van der Waals surface area contributed by atoms with Crippen LogP contribution in [0.3, 0.4) is 0 Å². The van der Waals surface area contributed by atoms with Gasteiger partial charge in [0.05, 0.1) is 0 Å². The highest BCUT2D eigenvalue weighted by atomic mass is 16.6. The van der Waals surface area contributed by atoms with E-state index in [9.17, 15) is 9.59 Å². The molecule has 0 aliphatic rings. The molecule has 0 aliphatic carbocycles. The van der Waals surface area contributed by atoms with Crippen molar-refractivity contribution in [3.63, 3.8) is 0 Å². The molecule has 0 amide bonds. The second-order valence-corrected chi connectivity index (χ2v) is 3.44. The van der Waals surface area contributed by atoms with Crippen LogP contribution in [-0.2, 0) is 19.1 Å². The minimum atomic E-state index is -0.358. The van der Waals surface area contributed by atoms with E-state index >= 15 is 0 Å². The maximum Gasteiger partial charge on any atom is 0.305 e. The average molecular weight is 216 g/mol. The molecule has 0 saturated carbocycles. The van der Waals surface area contributed by atoms with Crippen molar-refractivity contribution in [3.8, 4) is 0 Å². The Morgan fingerprint density at radius 1 is 1.20 bits per heavy atom. The Morgan fingerprint density at radius 2 is 1.87 bits per heavy atom. The van der Waals surface area contributed by atoms with Gasteiger partial charge < -0.3 is 9.47 Å². The lowest BCUT2D eigenvalue weighted by Crippen LogP contribution is -2.21. The van der Waals surface area contributed by atoms with Crippen LogP contribution in [0.15, 0.2) is 0 Å². The summed E-state index contributed by atoms with van der Waals surface area (Å²) in [5.74, 6) is -0.497. The average Bonchev–Trinajstić information content (AvgIpc) is 2.23. The normalized spacial score (nSPS) is 11.9. The SMILES string of the molecule is CCCCC(=O)OCC(C)OC(=O)CC. The smallest absolute Gasteiger partial charge is 0.305 e. The van der Waals surface area contributed by atoms with Crippen LogP contribution in [0.4, 0.5) is 0 Å². The summed E-state index contributed by atoms with van der Waals surface area (Å²) in [7, 11) is 0. The predicted octanol–water partition coefficient (Wildman–Crippen LogP) is 2.06. The first-order valence-corrected chi connectivity index (χ1v) is 5.45. The van der Waals surface area contributed by atoms with Gasteiger partial charge >= 0.3 is 11.9 Å². The van der Waals surface area contributed by atoms with Crippen molar-refractivity contribution in [2.24, 2.45) is 0 Å². The number of carbonyl (C=O) groups excluding carboxylic acids is 2. The minimum absolute atomic E-state index is 0.147. The molecule has 0 rings (SSSR count). The Balaban J connectivity index is 3.56. The molecule has 0 spiro atoms. The molecule has 0 aliphatic heterocycles. The minimum Gasteiger partial charge on any atom is -0.462 e. The Bertz CT molecular complexity index is 201. The van der Waals surface area contributed by atoms with Gasteiger partial charge in [-0.15, -0.1) is 0 Å². The molecule has 0 saturated heterocycles. The van der Waals surface area contributed by atoms with E-state index in [1.165, 1.54) is 0 Å². The molecular formula is C11H20O4. The number of carbonyl (C=O) groups is 2. The lowest BCUT2D eigenvalue weighted by Gasteiger charge is -2.12. The van der Waals surface area contributed by atoms with E-state index in [1.807, 2.05) is 6.92 Å². The third kappa shape index (κ3) is 7.97. The van der Waals surface area contributed by atoms with Crippen molar-refractivity contribution >= 4 is 11.9 Å². The molecule has 0 bridgehead atoms. The van der Waals surface area contributed by atoms with Crippen LogP contribution in [0, 0.1) is 0 Å². The fraction of sp³-hybridized carbons (Fsp3) is 0.818. The molecule has 15 heavy (non-hydrogen) atoms. The van der Waals surface area contributed by atoms with E-state index in [-0.39, 0.29) is 24.6 Å². The summed E-state index contributed by atoms with van der Waals surface area (Å²) in [6.45, 7) is 5.59. The Hall–Kier alpha value is -1.06. The van der Waals surface area contributed by atoms with Gasteiger partial charge in [-0.2, -0.15) is 0 Å². The highest BCUT2D eigenvalue weighted by molar-refractivity contribution is 5.70. The lowest BCUT2D eigenvalue weighted by atomic mass is 10.2. The lowest BCUT2D eigenvalue weighted by molar-refractivity contribution is -0.157. The molecule has 0 aromatic carbocycles. The van der Waals surface area contributed by atoms with Crippen LogP contribution in [0.1, 0.15) is 46.5 Å². The van der Waals surface area contributed by atoms with Crippen LogP contribution in [-0.4, -0.2) is 24.6 Å². The summed E-state index contributed by atoms with van der Waals surface area (Å²) >= 11 is 0. The Kier molecular flexibility index (Phi) is 7.68. The highest BCUT2D eigenvalue weighted by Crippen LogP contribution is 2.00. The maximum atomic E-state index is 11.1. The molecule has 4 nitrogen and oxygen atoms in total. The number of unbranched alkanes of at least 4 members (excludes halogenated alkanes) is 1. The van der Waals surface area contributed by atoms with Crippen LogP contribution in [0.25, 0.3) is 0 Å². The number of hydrogen-bond donors (Lipinski definition) is 0. The Morgan fingerprint density at radius 3 is 2.40 bits per heavy atom. The number of ether oxygens (including phenoxy) is 2. The standard InChI is InChI=1S/C11H20O4/c1-4-6-7-11(13)14-8-9(3)15-10(12)5-2/h9H,4-8H2,1-3H3. The third-order valence-corrected chi connectivity index (χ3v) is 1.83. The molecule has 88 valence electrons. The summed E-state index contributed by atoms with van der Waals surface area (Å²) in [6, 6.07) is 0. The molecule has 0 N–H and O–H groups in total. The molecule has 0 aromatic rings. The van der Waals surface area contributed by atoms with Crippen molar-refractivity contribution < 1.29 is 19.1 Å². The summed E-state index contributed by atoms with van der Waals surface area (Å²) in [4.78, 5) is 22.0. The zero-order valence-corrected chi connectivity index (χ0v) is 9.75. The van der Waals surface area contributed by atoms with E-state index in [0.717, 1.165) is 12.8 Å². The molecule has 1 atom stereocenters. The highest BCUT2D eigenvalue weighted by Gasteiger charge is 2.10. The summed E-state index contributed by atoms with van der Waals surface area (Å²) in [5, 5.41) is 0. The topological polar surface area (TPSA) is 52.6 Å². The quantitative estimate of drug-likeness (QED) is 0.611. The molecule has 1 unspecified atom stereocenters. The van der Waals surface area contributed by atoms with Crippen molar-refractivity contribution in [2.75, 3.05) is 6.61 Å². The summed E-state index contributed by atoms with van der Waals surface area (Å²) in [6.07, 6.45) is 2.22. The molecule has 0 heterocycles. The van der Waals surface area contributed by atoms with Crippen LogP contribution >= 0.6 is 0 Å². The molecule has 0 fully saturated rings. The van der Waals surface area contributed by atoms with Gasteiger partial charge in [-0.1, -0.05) is 20.3 Å². The first kappa shape index (κ1) is 13.9. The number of esters is 2. The fourth-order valence-electron chi connectivity index (χ4n) is 0.945. The van der Waals surface area contributed by atoms with Crippen molar-refractivity contribution in [2.45, 2.75) is 52.6 Å². The van der Waals surface area contributed by atoms with Gasteiger partial charge in [-0.3, -0.25) is 9.59 Å². The molecular weight excluding hydrogens is 196 g/mol. The fourth-order valence-corrected chi connectivity index (χ4v) is 0.945. The monoisotopic (exact) mass is 216 g/mol. The zero-order chi connectivity index (χ0) is 11.7. The first-order chi connectivity index (χ1) is 7.10. The maximum absolute atomic E-state index is 11.1. The van der Waals surface area contributed by atoms with E-state index in [4.69, 9.17) is 9.47 Å². The zero-order valence-electron chi connectivity index (χ0n) is 9.75. The van der Waals surface area contributed by atoms with Gasteiger partial charge in [0.15, 0.2) is 0 Å². The van der Waals surface area contributed by atoms with Gasteiger partial charge in [0.25, 0.3) is 0 Å². The van der Waals surface area contributed by atoms with Crippen molar-refractivity contribution in [1.29, 1.82) is 0 Å². The van der Waals surface area contributed by atoms with Gasteiger partial charge in [-0.05, 0) is 13.3 Å². The van der Waals surface area contributed by atoms with Crippen LogP contribution in [0.5, 0.6) is 0 Å². The molecule has 0 radical (unpaired) electrons. The van der Waals surface area contributed by atoms with Gasteiger partial charge in [-0.25, -0.2) is 0 Å². The van der Waals surface area contributed by atoms with E-state index in [1.54, 1.807) is 13.8 Å². The van der Waals surface area contributed by atoms with E-state index in [0.29, 0.717) is 12.8 Å². The first-order valence-electron chi connectivity index (χ1n) is 5.45. The molecule has 4 heteroatoms. The summed E-state index contributed by atoms with van der Waals surface area (Å²) < 4.78 is 9.87. The number of hydrogen-bond acceptors (Lipinski definition) is 4. The third-order valence-electron chi connectivity index (χ3n) is 1.83. The number of rotatable bonds is 7. The van der Waals surface area contributed by atoms with Crippen molar-refractivity contribution in [3.05, 3.63) is 0 Å². The second-order valence-electron chi connectivity index (χ2n) is 3.44. The Labute approximate surface area is 90.9 Å². The molecule has 0 aromatic heterocycles. The van der Waals surface area contributed by atoms with Crippen LogP contribution < -0.4 is 0 Å². The summed E-state index contributed by atoms with van der Waals surface area (Å²) in [5.41, 5.74) is 0. The second kappa shape index (κ2) is 8.26. The van der Waals surface area contributed by atoms with Crippen molar-refractivity contribution in [1.82, 2.24) is 0 Å². The van der Waals surface area contributed by atoms with E-state index in [2.05, 4.69) is 0 Å². The van der Waals surface area contributed by atoms with Gasteiger partial charge in [0.1, 0.15) is 12.7 Å².